The fraction of sp³-hybridized carbons (Fsp3) is 0.323. The highest BCUT2D eigenvalue weighted by atomic mass is 16.6. The van der Waals surface area contributed by atoms with Gasteiger partial charge in [0.1, 0.15) is 30.0 Å². The van der Waals surface area contributed by atoms with E-state index in [0.29, 0.717) is 5.75 Å². The second-order valence-electron chi connectivity index (χ2n) is 10.1. The third-order valence-electron chi connectivity index (χ3n) is 5.71. The molecule has 8 heteroatoms. The van der Waals surface area contributed by atoms with E-state index in [1.165, 1.54) is 0 Å². The number of amides is 2. The molecule has 3 aromatic carbocycles. The summed E-state index contributed by atoms with van der Waals surface area (Å²) in [7, 11) is 1.57. The van der Waals surface area contributed by atoms with Crippen molar-refractivity contribution in [3.05, 3.63) is 102 Å². The Morgan fingerprint density at radius 2 is 1.26 bits per heavy atom. The van der Waals surface area contributed by atoms with Gasteiger partial charge >= 0.3 is 12.1 Å². The summed E-state index contributed by atoms with van der Waals surface area (Å²) in [4.78, 5) is 39.3. The second-order valence-corrected chi connectivity index (χ2v) is 10.1. The van der Waals surface area contributed by atoms with Crippen molar-refractivity contribution in [2.45, 2.75) is 57.9 Å². The molecule has 0 spiro atoms. The number of carbonyl (C=O) groups is 3. The molecule has 3 rings (SSSR count). The number of benzene rings is 3. The minimum absolute atomic E-state index is 0.0179. The molecule has 206 valence electrons. The molecular formula is C31H36N2O6. The van der Waals surface area contributed by atoms with Crippen molar-refractivity contribution >= 4 is 18.0 Å². The van der Waals surface area contributed by atoms with E-state index < -0.39 is 35.7 Å². The van der Waals surface area contributed by atoms with Crippen LogP contribution in [0, 0.1) is 0 Å². The normalized spacial score (nSPS) is 12.5. The number of nitrogens with one attached hydrogen (secondary N) is 2. The van der Waals surface area contributed by atoms with Gasteiger partial charge in [-0.05, 0) is 49.6 Å². The maximum absolute atomic E-state index is 13.5. The molecule has 0 heterocycles. The molecule has 39 heavy (non-hydrogen) atoms. The Hall–Kier alpha value is -4.33. The summed E-state index contributed by atoms with van der Waals surface area (Å²) < 4.78 is 16.1. The first-order valence-corrected chi connectivity index (χ1v) is 12.8. The van der Waals surface area contributed by atoms with E-state index in [0.717, 1.165) is 16.7 Å². The molecule has 0 aromatic heterocycles. The standard InChI is InChI=1S/C31H36N2O6/c1-31(2,3)39-29(35)27(20-23-13-9-6-10-14-23)32-28(34)26(19-22-11-7-5-8-12-22)33-30(36)38-21-24-15-17-25(37-4)18-16-24/h5-18,26-27H,19-21H2,1-4H3,(H,32,34)(H,33,36)/t26-,27+/m0/s1. The molecule has 0 saturated carbocycles. The zero-order valence-corrected chi connectivity index (χ0v) is 22.8. The number of rotatable bonds is 11. The van der Waals surface area contributed by atoms with Gasteiger partial charge in [0, 0.05) is 12.8 Å². The summed E-state index contributed by atoms with van der Waals surface area (Å²) in [5, 5.41) is 5.47. The Morgan fingerprint density at radius 1 is 0.718 bits per heavy atom. The van der Waals surface area contributed by atoms with Gasteiger partial charge in [-0.1, -0.05) is 72.8 Å². The molecule has 3 aromatic rings. The number of alkyl carbamates (subject to hydrolysis) is 1. The van der Waals surface area contributed by atoms with E-state index in [2.05, 4.69) is 10.6 Å². The first kappa shape index (κ1) is 29.2. The average molecular weight is 533 g/mol. The van der Waals surface area contributed by atoms with Gasteiger partial charge in [-0.15, -0.1) is 0 Å². The average Bonchev–Trinajstić information content (AvgIpc) is 2.91. The van der Waals surface area contributed by atoms with Gasteiger partial charge in [0.2, 0.25) is 5.91 Å². The highest BCUT2D eigenvalue weighted by Gasteiger charge is 2.30. The lowest BCUT2D eigenvalue weighted by molar-refractivity contribution is -0.158. The van der Waals surface area contributed by atoms with Crippen LogP contribution in [0.2, 0.25) is 0 Å². The molecule has 0 aliphatic carbocycles. The van der Waals surface area contributed by atoms with E-state index in [-0.39, 0.29) is 19.4 Å². The van der Waals surface area contributed by atoms with Gasteiger partial charge in [-0.2, -0.15) is 0 Å². The van der Waals surface area contributed by atoms with Crippen LogP contribution in [-0.4, -0.2) is 42.8 Å². The van der Waals surface area contributed by atoms with Gasteiger partial charge in [-0.25, -0.2) is 9.59 Å². The number of esters is 1. The number of methoxy groups -OCH3 is 1. The summed E-state index contributed by atoms with van der Waals surface area (Å²) in [6.45, 7) is 5.32. The molecule has 0 unspecified atom stereocenters. The summed E-state index contributed by atoms with van der Waals surface area (Å²) >= 11 is 0. The minimum Gasteiger partial charge on any atom is -0.497 e. The lowest BCUT2D eigenvalue weighted by atomic mass is 10.0. The molecule has 0 fully saturated rings. The smallest absolute Gasteiger partial charge is 0.408 e. The van der Waals surface area contributed by atoms with Gasteiger partial charge in [0.25, 0.3) is 0 Å². The van der Waals surface area contributed by atoms with E-state index in [9.17, 15) is 14.4 Å². The van der Waals surface area contributed by atoms with Crippen LogP contribution in [-0.2, 0) is 38.5 Å². The minimum atomic E-state index is -0.989. The van der Waals surface area contributed by atoms with Gasteiger partial charge in [0.05, 0.1) is 7.11 Å². The zero-order chi connectivity index (χ0) is 28.3. The van der Waals surface area contributed by atoms with E-state index in [1.54, 1.807) is 52.1 Å². The number of ether oxygens (including phenoxy) is 3. The molecule has 0 saturated heterocycles. The van der Waals surface area contributed by atoms with Crippen LogP contribution in [0.25, 0.3) is 0 Å². The summed E-state index contributed by atoms with van der Waals surface area (Å²) in [5.41, 5.74) is 1.73. The van der Waals surface area contributed by atoms with Crippen LogP contribution in [0.1, 0.15) is 37.5 Å². The molecule has 2 amide bonds. The highest BCUT2D eigenvalue weighted by molar-refractivity contribution is 5.90. The largest absolute Gasteiger partial charge is 0.497 e. The molecular weight excluding hydrogens is 496 g/mol. The van der Waals surface area contributed by atoms with Crippen LogP contribution >= 0.6 is 0 Å². The van der Waals surface area contributed by atoms with Gasteiger partial charge in [0.15, 0.2) is 0 Å². The van der Waals surface area contributed by atoms with Crippen LogP contribution < -0.4 is 15.4 Å². The Balaban J connectivity index is 1.74. The van der Waals surface area contributed by atoms with Gasteiger partial charge in [-0.3, -0.25) is 4.79 Å². The van der Waals surface area contributed by atoms with Crippen molar-refractivity contribution in [2.75, 3.05) is 7.11 Å². The quantitative estimate of drug-likeness (QED) is 0.350. The Bertz CT molecular complexity index is 1210. The summed E-state index contributed by atoms with van der Waals surface area (Å²) in [6, 6.07) is 23.8. The lowest BCUT2D eigenvalue weighted by Gasteiger charge is -2.26. The molecule has 2 N–H and O–H groups in total. The van der Waals surface area contributed by atoms with Crippen LogP contribution in [0.5, 0.6) is 5.75 Å². The SMILES string of the molecule is COc1ccc(COC(=O)N[C@@H](Cc2ccccc2)C(=O)N[C@H](Cc2ccccc2)C(=O)OC(C)(C)C)cc1. The summed E-state index contributed by atoms with van der Waals surface area (Å²) in [5.74, 6) is -0.384. The van der Waals surface area contributed by atoms with Crippen LogP contribution in [0.15, 0.2) is 84.9 Å². The molecule has 2 atom stereocenters. The van der Waals surface area contributed by atoms with E-state index >= 15 is 0 Å². The van der Waals surface area contributed by atoms with Crippen LogP contribution in [0.4, 0.5) is 4.79 Å². The molecule has 0 aliphatic heterocycles. The van der Waals surface area contributed by atoms with E-state index in [4.69, 9.17) is 14.2 Å². The number of hydrogen-bond acceptors (Lipinski definition) is 6. The van der Waals surface area contributed by atoms with Crippen molar-refractivity contribution in [1.82, 2.24) is 10.6 Å². The third kappa shape index (κ3) is 10.2. The molecule has 0 bridgehead atoms. The first-order chi connectivity index (χ1) is 18.6. The first-order valence-electron chi connectivity index (χ1n) is 12.8. The molecule has 0 radical (unpaired) electrons. The summed E-state index contributed by atoms with van der Waals surface area (Å²) in [6.07, 6.45) is -0.309. The van der Waals surface area contributed by atoms with Crippen molar-refractivity contribution < 1.29 is 28.6 Å². The fourth-order valence-electron chi connectivity index (χ4n) is 3.80. The Kier molecular flexibility index (Phi) is 10.5. The Labute approximate surface area is 229 Å². The number of carbonyl (C=O) groups excluding carboxylic acids is 3. The van der Waals surface area contributed by atoms with Crippen LogP contribution in [0.3, 0.4) is 0 Å². The van der Waals surface area contributed by atoms with Crippen molar-refractivity contribution in [1.29, 1.82) is 0 Å². The maximum atomic E-state index is 13.5. The zero-order valence-electron chi connectivity index (χ0n) is 22.8. The monoisotopic (exact) mass is 532 g/mol. The number of hydrogen-bond donors (Lipinski definition) is 2. The van der Waals surface area contributed by atoms with Crippen molar-refractivity contribution in [3.8, 4) is 5.75 Å². The predicted octanol–water partition coefficient (Wildman–Crippen LogP) is 4.60. The lowest BCUT2D eigenvalue weighted by Crippen LogP contribution is -2.54. The third-order valence-corrected chi connectivity index (χ3v) is 5.71. The molecule has 0 aliphatic rings. The second kappa shape index (κ2) is 14.0. The predicted molar refractivity (Wildman–Crippen MR) is 148 cm³/mol. The fourth-order valence-corrected chi connectivity index (χ4v) is 3.80. The molecule has 8 nitrogen and oxygen atoms in total. The van der Waals surface area contributed by atoms with Gasteiger partial charge < -0.3 is 24.8 Å². The highest BCUT2D eigenvalue weighted by Crippen LogP contribution is 2.14. The van der Waals surface area contributed by atoms with Crippen molar-refractivity contribution in [2.24, 2.45) is 0 Å². The maximum Gasteiger partial charge on any atom is 0.408 e. The Morgan fingerprint density at radius 3 is 1.77 bits per heavy atom. The topological polar surface area (TPSA) is 103 Å². The van der Waals surface area contributed by atoms with Crippen molar-refractivity contribution in [3.63, 3.8) is 0 Å². The van der Waals surface area contributed by atoms with E-state index in [1.807, 2.05) is 60.7 Å².